The molecule has 2 N–H and O–H groups in total. The van der Waals surface area contributed by atoms with Crippen molar-refractivity contribution in [2.75, 3.05) is 17.2 Å². The number of nitrogen functional groups attached to an aromatic ring is 1. The molecule has 1 aromatic heterocycles. The number of nitrogens with zero attached hydrogens (tertiary/aromatic N) is 2. The highest BCUT2D eigenvalue weighted by Crippen LogP contribution is 2.35. The lowest BCUT2D eigenvalue weighted by Gasteiger charge is -2.31. The van der Waals surface area contributed by atoms with Crippen LogP contribution in [0.3, 0.4) is 0 Å². The van der Waals surface area contributed by atoms with Crippen LogP contribution in [0.2, 0.25) is 0 Å². The van der Waals surface area contributed by atoms with Gasteiger partial charge in [-0.15, -0.1) is 11.3 Å². The minimum atomic E-state index is 0.235. The number of aryl methyl sites for hydroxylation is 1. The van der Waals surface area contributed by atoms with E-state index in [1.54, 1.807) is 0 Å². The van der Waals surface area contributed by atoms with Gasteiger partial charge >= 0.3 is 0 Å². The second-order valence-electron chi connectivity index (χ2n) is 6.49. The predicted molar refractivity (Wildman–Crippen MR) is 94.6 cm³/mol. The van der Waals surface area contributed by atoms with E-state index in [1.807, 2.05) is 10.3 Å². The van der Waals surface area contributed by atoms with Gasteiger partial charge in [0.2, 0.25) is 5.91 Å². The lowest BCUT2D eigenvalue weighted by molar-refractivity contribution is -0.122. The first kappa shape index (κ1) is 14.7. The van der Waals surface area contributed by atoms with Crippen molar-refractivity contribution in [1.82, 2.24) is 4.98 Å². The number of fused-ring (bicyclic) bond motifs is 1. The van der Waals surface area contributed by atoms with Crippen molar-refractivity contribution < 1.29 is 4.79 Å². The zero-order chi connectivity index (χ0) is 15.8. The van der Waals surface area contributed by atoms with E-state index in [9.17, 15) is 4.79 Å². The van der Waals surface area contributed by atoms with Gasteiger partial charge in [-0.3, -0.25) is 4.79 Å². The molecule has 2 aromatic rings. The molecule has 2 aliphatic rings. The highest BCUT2D eigenvalue weighted by atomic mass is 32.1. The first-order chi connectivity index (χ1) is 11.2. The summed E-state index contributed by atoms with van der Waals surface area (Å²) in [5.74, 6) is 0.563. The molecule has 0 atom stereocenters. The number of carbonyl (C=O) groups excluding carboxylic acids is 1. The Morgan fingerprint density at radius 2 is 2.09 bits per heavy atom. The fourth-order valence-electron chi connectivity index (χ4n) is 3.80. The minimum Gasteiger partial charge on any atom is -0.375 e. The normalized spacial score (nSPS) is 18.2. The number of hydrogen-bond donors (Lipinski definition) is 1. The number of benzene rings is 1. The van der Waals surface area contributed by atoms with Gasteiger partial charge in [-0.25, -0.2) is 4.98 Å². The highest BCUT2D eigenvalue weighted by molar-refractivity contribution is 7.13. The molecule has 1 amide bonds. The Morgan fingerprint density at radius 3 is 2.83 bits per heavy atom. The summed E-state index contributed by atoms with van der Waals surface area (Å²) in [6.45, 7) is 0.853. The van der Waals surface area contributed by atoms with Gasteiger partial charge in [0, 0.05) is 29.1 Å². The van der Waals surface area contributed by atoms with Crippen LogP contribution in [0.5, 0.6) is 0 Å². The molecule has 2 heterocycles. The van der Waals surface area contributed by atoms with Crippen molar-refractivity contribution in [1.29, 1.82) is 0 Å². The maximum atomic E-state index is 12.8. The average molecular weight is 327 g/mol. The van der Waals surface area contributed by atoms with E-state index in [4.69, 9.17) is 5.73 Å². The van der Waals surface area contributed by atoms with Crippen LogP contribution in [0, 0.1) is 5.92 Å². The maximum absolute atomic E-state index is 12.8. The van der Waals surface area contributed by atoms with E-state index in [1.165, 1.54) is 29.7 Å². The van der Waals surface area contributed by atoms with Crippen molar-refractivity contribution >= 4 is 28.1 Å². The summed E-state index contributed by atoms with van der Waals surface area (Å²) in [4.78, 5) is 19.2. The highest BCUT2D eigenvalue weighted by Gasteiger charge is 2.30. The van der Waals surface area contributed by atoms with Crippen LogP contribution in [0.25, 0.3) is 11.3 Å². The molecule has 1 saturated carbocycles. The lowest BCUT2D eigenvalue weighted by Crippen LogP contribution is -2.39. The molecular weight excluding hydrogens is 306 g/mol. The third kappa shape index (κ3) is 2.74. The molecule has 5 heteroatoms. The van der Waals surface area contributed by atoms with E-state index >= 15 is 0 Å². The predicted octanol–water partition coefficient (Wildman–Crippen LogP) is 3.86. The topological polar surface area (TPSA) is 59.2 Å². The van der Waals surface area contributed by atoms with Crippen molar-refractivity contribution in [3.05, 3.63) is 29.1 Å². The minimum absolute atomic E-state index is 0.235. The molecule has 23 heavy (non-hydrogen) atoms. The number of amides is 1. The first-order valence-electron chi connectivity index (χ1n) is 8.38. The summed E-state index contributed by atoms with van der Waals surface area (Å²) in [6.07, 6.45) is 6.57. The van der Waals surface area contributed by atoms with Crippen molar-refractivity contribution in [2.24, 2.45) is 5.92 Å². The number of nitrogens with two attached hydrogens (primary N) is 1. The molecule has 120 valence electrons. The fourth-order valence-corrected chi connectivity index (χ4v) is 4.37. The molecular formula is C18H21N3OS. The molecule has 0 radical (unpaired) electrons. The molecule has 1 aliphatic carbocycles. The zero-order valence-corrected chi connectivity index (χ0v) is 13.9. The van der Waals surface area contributed by atoms with Gasteiger partial charge in [0.25, 0.3) is 0 Å². The molecule has 0 saturated heterocycles. The van der Waals surface area contributed by atoms with Crippen molar-refractivity contribution in [3.63, 3.8) is 0 Å². The van der Waals surface area contributed by atoms with Crippen LogP contribution in [0.15, 0.2) is 23.6 Å². The Kier molecular flexibility index (Phi) is 3.81. The van der Waals surface area contributed by atoms with E-state index in [2.05, 4.69) is 23.2 Å². The third-order valence-corrected chi connectivity index (χ3v) is 5.66. The van der Waals surface area contributed by atoms with Gasteiger partial charge in [-0.2, -0.15) is 0 Å². The largest absolute Gasteiger partial charge is 0.375 e. The first-order valence-corrected chi connectivity index (χ1v) is 9.26. The smallest absolute Gasteiger partial charge is 0.230 e. The van der Waals surface area contributed by atoms with Crippen molar-refractivity contribution in [2.45, 2.75) is 38.5 Å². The van der Waals surface area contributed by atoms with Crippen LogP contribution < -0.4 is 10.6 Å². The monoisotopic (exact) mass is 327 g/mol. The van der Waals surface area contributed by atoms with Crippen LogP contribution in [0.4, 0.5) is 10.8 Å². The number of rotatable bonds is 2. The number of anilines is 2. The number of hydrogen-bond acceptors (Lipinski definition) is 4. The van der Waals surface area contributed by atoms with E-state index in [0.29, 0.717) is 11.0 Å². The van der Waals surface area contributed by atoms with E-state index in [0.717, 1.165) is 49.2 Å². The van der Waals surface area contributed by atoms with E-state index in [-0.39, 0.29) is 5.92 Å². The second kappa shape index (κ2) is 5.96. The lowest BCUT2D eigenvalue weighted by atomic mass is 9.96. The van der Waals surface area contributed by atoms with Gasteiger partial charge in [0.05, 0.1) is 5.69 Å². The summed E-state index contributed by atoms with van der Waals surface area (Å²) >= 11 is 1.46. The van der Waals surface area contributed by atoms with Gasteiger partial charge in [-0.1, -0.05) is 18.9 Å². The number of thiazole rings is 1. The Labute approximate surface area is 140 Å². The molecule has 1 aromatic carbocycles. The second-order valence-corrected chi connectivity index (χ2v) is 7.38. The Balaban J connectivity index is 1.64. The third-order valence-electron chi connectivity index (χ3n) is 4.99. The SMILES string of the molecule is Nc1nc(-c2ccc3c(c2)CCCN3C(=O)C2CCCC2)cs1. The number of carbonyl (C=O) groups is 1. The Bertz CT molecular complexity index is 734. The van der Waals surface area contributed by atoms with Crippen molar-refractivity contribution in [3.8, 4) is 11.3 Å². The average Bonchev–Trinajstić information content (AvgIpc) is 3.24. The number of aromatic nitrogens is 1. The van der Waals surface area contributed by atoms with Gasteiger partial charge in [-0.05, 0) is 43.4 Å². The zero-order valence-electron chi connectivity index (χ0n) is 13.1. The van der Waals surface area contributed by atoms with Gasteiger partial charge in [0.1, 0.15) is 0 Å². The Morgan fingerprint density at radius 1 is 1.26 bits per heavy atom. The summed E-state index contributed by atoms with van der Waals surface area (Å²) in [5, 5.41) is 2.58. The van der Waals surface area contributed by atoms with Gasteiger partial charge < -0.3 is 10.6 Å². The molecule has 0 unspecified atom stereocenters. The summed E-state index contributed by atoms with van der Waals surface area (Å²) < 4.78 is 0. The quantitative estimate of drug-likeness (QED) is 0.911. The summed E-state index contributed by atoms with van der Waals surface area (Å²) in [6, 6.07) is 6.33. The van der Waals surface area contributed by atoms with Crippen LogP contribution >= 0.6 is 11.3 Å². The molecule has 4 nitrogen and oxygen atoms in total. The van der Waals surface area contributed by atoms with Crippen LogP contribution in [-0.2, 0) is 11.2 Å². The standard InChI is InChI=1S/C18H21N3OS/c19-18-20-15(11-23-18)13-7-8-16-14(10-13)6-3-9-21(16)17(22)12-4-1-2-5-12/h7-8,10-12H,1-6,9H2,(H2,19,20). The molecule has 1 aliphatic heterocycles. The maximum Gasteiger partial charge on any atom is 0.230 e. The molecule has 4 rings (SSSR count). The summed E-state index contributed by atoms with van der Waals surface area (Å²) in [7, 11) is 0. The fraction of sp³-hybridized carbons (Fsp3) is 0.444. The molecule has 0 bridgehead atoms. The molecule has 0 spiro atoms. The van der Waals surface area contributed by atoms with Gasteiger partial charge in [0.15, 0.2) is 5.13 Å². The van der Waals surface area contributed by atoms with Crippen LogP contribution in [0.1, 0.15) is 37.7 Å². The van der Waals surface area contributed by atoms with Crippen LogP contribution in [-0.4, -0.2) is 17.4 Å². The molecule has 1 fully saturated rings. The Hall–Kier alpha value is -1.88. The van der Waals surface area contributed by atoms with E-state index < -0.39 is 0 Å². The summed E-state index contributed by atoms with van der Waals surface area (Å²) in [5.41, 5.74) is 10.1.